The average molecular weight is 441 g/mol. The molecule has 2 amide bonds. The van der Waals surface area contributed by atoms with Crippen molar-refractivity contribution < 1.29 is 9.59 Å². The molecule has 2 saturated heterocycles. The van der Waals surface area contributed by atoms with Crippen LogP contribution in [0.4, 0.5) is 5.69 Å². The van der Waals surface area contributed by atoms with Crippen LogP contribution in [0.2, 0.25) is 0 Å². The van der Waals surface area contributed by atoms with Crippen molar-refractivity contribution in [1.82, 2.24) is 15.2 Å². The van der Waals surface area contributed by atoms with E-state index in [1.165, 1.54) is 37.9 Å². The van der Waals surface area contributed by atoms with Crippen LogP contribution in [-0.4, -0.2) is 41.3 Å². The van der Waals surface area contributed by atoms with Crippen molar-refractivity contribution in [1.29, 1.82) is 0 Å². The summed E-state index contributed by atoms with van der Waals surface area (Å²) in [6.07, 6.45) is 9.47. The Morgan fingerprint density at radius 1 is 1.06 bits per heavy atom. The summed E-state index contributed by atoms with van der Waals surface area (Å²) >= 11 is 0. The van der Waals surface area contributed by atoms with Gasteiger partial charge in [-0.25, -0.2) is 0 Å². The van der Waals surface area contributed by atoms with Crippen LogP contribution in [-0.2, 0) is 22.6 Å². The molecule has 31 heavy (non-hydrogen) atoms. The molecule has 2 fully saturated rings. The van der Waals surface area contributed by atoms with Crippen molar-refractivity contribution in [3.63, 3.8) is 0 Å². The van der Waals surface area contributed by atoms with E-state index in [0.717, 1.165) is 42.0 Å². The summed E-state index contributed by atoms with van der Waals surface area (Å²) in [5.41, 5.74) is 5.72. The second-order valence-corrected chi connectivity index (χ2v) is 8.67. The van der Waals surface area contributed by atoms with Gasteiger partial charge in [-0.1, -0.05) is 12.5 Å². The monoisotopic (exact) mass is 440 g/mol. The smallest absolute Gasteiger partial charge is 0.256 e. The van der Waals surface area contributed by atoms with Crippen molar-refractivity contribution in [2.45, 2.75) is 38.6 Å². The Morgan fingerprint density at radius 3 is 2.68 bits per heavy atom. The molecular weight excluding hydrogens is 412 g/mol. The molecule has 0 bridgehead atoms. The number of hydrogen-bond donors (Lipinski definition) is 3. The Kier molecular flexibility index (Phi) is 6.49. The summed E-state index contributed by atoms with van der Waals surface area (Å²) in [4.78, 5) is 30.3. The molecule has 5 rings (SSSR count). The van der Waals surface area contributed by atoms with Crippen LogP contribution in [0.25, 0.3) is 11.6 Å². The molecule has 4 heterocycles. The SMILES string of the molecule is Cl.O=C1Nc2ccc(CC3CCNC3=O)cc2C1=Cc1cc(CN2CCCCC2)c[nH]1. The van der Waals surface area contributed by atoms with E-state index in [-0.39, 0.29) is 30.1 Å². The highest BCUT2D eigenvalue weighted by molar-refractivity contribution is 6.34. The maximum Gasteiger partial charge on any atom is 0.256 e. The molecule has 0 aliphatic carbocycles. The van der Waals surface area contributed by atoms with Crippen LogP contribution >= 0.6 is 12.4 Å². The number of aromatic nitrogens is 1. The van der Waals surface area contributed by atoms with E-state index in [9.17, 15) is 9.59 Å². The van der Waals surface area contributed by atoms with Gasteiger partial charge < -0.3 is 15.6 Å². The first-order valence-electron chi connectivity index (χ1n) is 11.0. The molecule has 0 spiro atoms. The van der Waals surface area contributed by atoms with Crippen LogP contribution in [0.5, 0.6) is 0 Å². The van der Waals surface area contributed by atoms with E-state index >= 15 is 0 Å². The molecular formula is C24H29ClN4O2. The number of nitrogens with one attached hydrogen (secondary N) is 3. The molecule has 7 heteroatoms. The van der Waals surface area contributed by atoms with Gasteiger partial charge in [-0.3, -0.25) is 14.5 Å². The Balaban J connectivity index is 0.00000231. The molecule has 164 valence electrons. The zero-order valence-corrected chi connectivity index (χ0v) is 18.4. The summed E-state index contributed by atoms with van der Waals surface area (Å²) in [5.74, 6) is 0.0855. The molecule has 3 aliphatic rings. The van der Waals surface area contributed by atoms with E-state index in [0.29, 0.717) is 12.0 Å². The van der Waals surface area contributed by atoms with Gasteiger partial charge in [0.2, 0.25) is 5.91 Å². The van der Waals surface area contributed by atoms with Gasteiger partial charge in [0.15, 0.2) is 0 Å². The lowest BCUT2D eigenvalue weighted by molar-refractivity contribution is -0.122. The summed E-state index contributed by atoms with van der Waals surface area (Å²) in [6.45, 7) is 4.04. The standard InChI is InChI=1S/C24H28N4O2.ClH/c29-23-18(6-7-25-23)10-16-4-5-22-20(12-16)21(24(30)27-22)13-19-11-17(14-26-19)15-28-8-2-1-3-9-28;/h4-5,11-14,18,26H,1-3,6-10,15H2,(H,25,29)(H,27,30);1H. The van der Waals surface area contributed by atoms with Gasteiger partial charge in [0.1, 0.15) is 0 Å². The fourth-order valence-electron chi connectivity index (χ4n) is 4.79. The third kappa shape index (κ3) is 4.70. The fourth-order valence-corrected chi connectivity index (χ4v) is 4.79. The number of hydrogen-bond acceptors (Lipinski definition) is 3. The third-order valence-electron chi connectivity index (χ3n) is 6.43. The number of carbonyl (C=O) groups excluding carboxylic acids is 2. The minimum Gasteiger partial charge on any atom is -0.361 e. The number of benzene rings is 1. The molecule has 1 aromatic carbocycles. The lowest BCUT2D eigenvalue weighted by atomic mass is 9.95. The van der Waals surface area contributed by atoms with Gasteiger partial charge in [0.25, 0.3) is 5.91 Å². The van der Waals surface area contributed by atoms with Crippen LogP contribution in [0.15, 0.2) is 30.5 Å². The minimum atomic E-state index is -0.0760. The predicted octanol–water partition coefficient (Wildman–Crippen LogP) is 3.59. The summed E-state index contributed by atoms with van der Waals surface area (Å²) in [6, 6.07) is 8.16. The topological polar surface area (TPSA) is 77.2 Å². The molecule has 1 aromatic heterocycles. The molecule has 6 nitrogen and oxygen atoms in total. The molecule has 1 atom stereocenters. The quantitative estimate of drug-likeness (QED) is 0.622. The number of H-pyrrole nitrogens is 1. The van der Waals surface area contributed by atoms with Gasteiger partial charge in [0.05, 0.1) is 5.57 Å². The number of amides is 2. The van der Waals surface area contributed by atoms with Crippen LogP contribution in [0, 0.1) is 5.92 Å². The summed E-state index contributed by atoms with van der Waals surface area (Å²) < 4.78 is 0. The highest BCUT2D eigenvalue weighted by atomic mass is 35.5. The molecule has 1 unspecified atom stereocenters. The van der Waals surface area contributed by atoms with Gasteiger partial charge in [-0.15, -0.1) is 12.4 Å². The van der Waals surface area contributed by atoms with Crippen molar-refractivity contribution in [3.05, 3.63) is 52.8 Å². The van der Waals surface area contributed by atoms with E-state index in [1.54, 1.807) is 0 Å². The second-order valence-electron chi connectivity index (χ2n) is 8.67. The normalized spacial score (nSPS) is 22.2. The Morgan fingerprint density at radius 2 is 1.90 bits per heavy atom. The highest BCUT2D eigenvalue weighted by Crippen LogP contribution is 2.34. The number of carbonyl (C=O) groups is 2. The van der Waals surface area contributed by atoms with Crippen molar-refractivity contribution in [2.24, 2.45) is 5.92 Å². The number of piperidine rings is 1. The van der Waals surface area contributed by atoms with Crippen molar-refractivity contribution in [2.75, 3.05) is 25.0 Å². The number of halogens is 1. The first kappa shape index (κ1) is 21.7. The van der Waals surface area contributed by atoms with Crippen LogP contribution in [0.1, 0.15) is 48.1 Å². The molecule has 3 N–H and O–H groups in total. The lowest BCUT2D eigenvalue weighted by Gasteiger charge is -2.25. The lowest BCUT2D eigenvalue weighted by Crippen LogP contribution is -2.28. The molecule has 3 aliphatic heterocycles. The van der Waals surface area contributed by atoms with Crippen molar-refractivity contribution >= 4 is 41.6 Å². The third-order valence-corrected chi connectivity index (χ3v) is 6.43. The zero-order valence-electron chi connectivity index (χ0n) is 17.6. The maximum atomic E-state index is 12.6. The number of rotatable bonds is 5. The first-order valence-corrected chi connectivity index (χ1v) is 11.0. The second kappa shape index (κ2) is 9.28. The highest BCUT2D eigenvalue weighted by Gasteiger charge is 2.27. The Bertz CT molecular complexity index is 1010. The number of fused-ring (bicyclic) bond motifs is 1. The largest absolute Gasteiger partial charge is 0.361 e. The Hall–Kier alpha value is -2.57. The number of aromatic amines is 1. The first-order chi connectivity index (χ1) is 14.7. The van der Waals surface area contributed by atoms with Crippen LogP contribution in [0.3, 0.4) is 0 Å². The van der Waals surface area contributed by atoms with Gasteiger partial charge in [0, 0.05) is 42.1 Å². The van der Waals surface area contributed by atoms with Gasteiger partial charge in [-0.2, -0.15) is 0 Å². The Labute approximate surface area is 188 Å². The van der Waals surface area contributed by atoms with E-state index in [1.807, 2.05) is 24.4 Å². The predicted molar refractivity (Wildman–Crippen MR) is 125 cm³/mol. The van der Waals surface area contributed by atoms with Gasteiger partial charge in [-0.05, 0) is 74.2 Å². The van der Waals surface area contributed by atoms with Gasteiger partial charge >= 0.3 is 0 Å². The number of likely N-dealkylation sites (tertiary alicyclic amines) is 1. The van der Waals surface area contributed by atoms with Crippen molar-refractivity contribution in [3.8, 4) is 0 Å². The number of nitrogens with zero attached hydrogens (tertiary/aromatic N) is 1. The van der Waals surface area contributed by atoms with E-state index in [4.69, 9.17) is 0 Å². The number of anilines is 1. The maximum absolute atomic E-state index is 12.6. The van der Waals surface area contributed by atoms with E-state index in [2.05, 4.69) is 32.7 Å². The van der Waals surface area contributed by atoms with E-state index < -0.39 is 0 Å². The minimum absolute atomic E-state index is 0. The molecule has 2 aromatic rings. The summed E-state index contributed by atoms with van der Waals surface area (Å²) in [7, 11) is 0. The molecule has 0 saturated carbocycles. The average Bonchev–Trinajstić information content (AvgIpc) is 3.44. The fraction of sp³-hybridized carbons (Fsp3) is 0.417. The van der Waals surface area contributed by atoms with Crippen LogP contribution < -0.4 is 10.6 Å². The zero-order chi connectivity index (χ0) is 20.5. The summed E-state index contributed by atoms with van der Waals surface area (Å²) in [5, 5.41) is 5.86. The molecule has 0 radical (unpaired) electrons.